The van der Waals surface area contributed by atoms with Crippen LogP contribution in [-0.4, -0.2) is 21.4 Å². The number of nitro benzene ring substituents is 2. The maximum absolute atomic E-state index is 12.8. The quantitative estimate of drug-likeness (QED) is 0.436. The third-order valence-corrected chi connectivity index (χ3v) is 6.85. The van der Waals surface area contributed by atoms with Gasteiger partial charge in [-0.05, 0) is 18.2 Å². The molecule has 148 valence electrons. The first-order valence-corrected chi connectivity index (χ1v) is 9.81. The topological polar surface area (TPSA) is 95.5 Å². The molecule has 3 rings (SSSR count). The number of thioether (sulfide) groups is 2. The second kappa shape index (κ2) is 7.87. The van der Waals surface area contributed by atoms with Crippen molar-refractivity contribution in [2.45, 2.75) is 10.8 Å². The highest BCUT2D eigenvalue weighted by atomic mass is 32.2. The van der Waals surface area contributed by atoms with Crippen LogP contribution in [0, 0.1) is 20.2 Å². The number of non-ortho nitro benzene ring substituents is 1. The van der Waals surface area contributed by atoms with Crippen molar-refractivity contribution in [3.63, 3.8) is 0 Å². The Balaban J connectivity index is 2.03. The van der Waals surface area contributed by atoms with Gasteiger partial charge in [0.2, 0.25) is 5.75 Å². The van der Waals surface area contributed by atoms with Crippen molar-refractivity contribution in [1.82, 2.24) is 0 Å². The van der Waals surface area contributed by atoms with E-state index >= 15 is 0 Å². The fourth-order valence-corrected chi connectivity index (χ4v) is 5.39. The van der Waals surface area contributed by atoms with E-state index < -0.39 is 27.3 Å². The van der Waals surface area contributed by atoms with Crippen LogP contribution in [0.1, 0.15) is 15.7 Å². The van der Waals surface area contributed by atoms with Crippen molar-refractivity contribution in [1.29, 1.82) is 0 Å². The number of rotatable bonds is 5. The van der Waals surface area contributed by atoms with Gasteiger partial charge in [-0.3, -0.25) is 20.2 Å². The summed E-state index contributed by atoms with van der Waals surface area (Å²) in [5.74, 6) is 1.39. The van der Waals surface area contributed by atoms with Crippen molar-refractivity contribution in [2.24, 2.45) is 0 Å². The van der Waals surface area contributed by atoms with Gasteiger partial charge >= 0.3 is 11.9 Å². The summed E-state index contributed by atoms with van der Waals surface area (Å²) < 4.78 is 43.9. The molecule has 1 heterocycles. The van der Waals surface area contributed by atoms with Gasteiger partial charge in [-0.2, -0.15) is 13.2 Å². The minimum Gasteiger partial charge on any atom is -0.450 e. The Morgan fingerprint density at radius 3 is 2.18 bits per heavy atom. The van der Waals surface area contributed by atoms with Crippen LogP contribution in [0.25, 0.3) is 0 Å². The Morgan fingerprint density at radius 1 is 0.964 bits per heavy atom. The monoisotopic (exact) mass is 432 g/mol. The van der Waals surface area contributed by atoms with Crippen molar-refractivity contribution < 1.29 is 27.8 Å². The van der Waals surface area contributed by atoms with E-state index in [1.807, 2.05) is 0 Å². The molecule has 1 saturated heterocycles. The Kier molecular flexibility index (Phi) is 5.70. The Morgan fingerprint density at radius 2 is 1.61 bits per heavy atom. The summed E-state index contributed by atoms with van der Waals surface area (Å²) >= 11 is 3.07. The zero-order valence-electron chi connectivity index (χ0n) is 13.8. The lowest BCUT2D eigenvalue weighted by Crippen LogP contribution is -2.06. The van der Waals surface area contributed by atoms with Gasteiger partial charge in [0, 0.05) is 35.3 Å². The summed E-state index contributed by atoms with van der Waals surface area (Å²) in [6.45, 7) is 0. The number of halogens is 3. The fourth-order valence-electron chi connectivity index (χ4n) is 2.51. The number of nitrogens with zero attached hydrogens (tertiary/aromatic N) is 2. The molecule has 0 N–H and O–H groups in total. The summed E-state index contributed by atoms with van der Waals surface area (Å²) in [4.78, 5) is 20.8. The number of alkyl halides is 3. The first kappa shape index (κ1) is 20.3. The molecule has 2 aromatic carbocycles. The fraction of sp³-hybridized carbons (Fsp3) is 0.250. The maximum atomic E-state index is 12.8. The molecule has 0 saturated carbocycles. The van der Waals surface area contributed by atoms with Crippen LogP contribution < -0.4 is 4.74 Å². The summed E-state index contributed by atoms with van der Waals surface area (Å²) in [6, 6.07) is 5.77. The molecule has 0 atom stereocenters. The molecule has 0 aromatic heterocycles. The molecule has 1 aliphatic rings. The van der Waals surface area contributed by atoms with Crippen molar-refractivity contribution >= 4 is 34.9 Å². The molecule has 0 amide bonds. The highest BCUT2D eigenvalue weighted by molar-refractivity contribution is 8.19. The van der Waals surface area contributed by atoms with Gasteiger partial charge in [-0.1, -0.05) is 0 Å². The van der Waals surface area contributed by atoms with Gasteiger partial charge < -0.3 is 4.74 Å². The normalized spacial score (nSPS) is 14.8. The summed E-state index contributed by atoms with van der Waals surface area (Å²) in [6.07, 6.45) is -4.74. The van der Waals surface area contributed by atoms with Crippen LogP contribution in [0.4, 0.5) is 24.5 Å². The van der Waals surface area contributed by atoms with Gasteiger partial charge in [0.15, 0.2) is 0 Å². The Hall–Kier alpha value is -2.47. The van der Waals surface area contributed by atoms with Gasteiger partial charge in [-0.15, -0.1) is 23.5 Å². The summed E-state index contributed by atoms with van der Waals surface area (Å²) in [5.41, 5.74) is -1.73. The molecule has 0 radical (unpaired) electrons. The van der Waals surface area contributed by atoms with Crippen LogP contribution >= 0.6 is 23.5 Å². The van der Waals surface area contributed by atoms with Gasteiger partial charge in [-0.25, -0.2) is 0 Å². The zero-order valence-corrected chi connectivity index (χ0v) is 15.5. The number of hydrogen-bond donors (Lipinski definition) is 0. The van der Waals surface area contributed by atoms with Crippen molar-refractivity contribution in [2.75, 3.05) is 11.5 Å². The van der Waals surface area contributed by atoms with Gasteiger partial charge in [0.1, 0.15) is 5.75 Å². The molecule has 2 aromatic rings. The second-order valence-corrected chi connectivity index (χ2v) is 8.32. The molecule has 0 aliphatic carbocycles. The molecule has 1 aliphatic heterocycles. The molecule has 28 heavy (non-hydrogen) atoms. The van der Waals surface area contributed by atoms with E-state index in [9.17, 15) is 33.4 Å². The van der Waals surface area contributed by atoms with E-state index in [0.717, 1.165) is 17.6 Å². The van der Waals surface area contributed by atoms with E-state index in [1.165, 1.54) is 41.7 Å². The number of benzene rings is 2. The van der Waals surface area contributed by atoms with E-state index in [-0.39, 0.29) is 21.8 Å². The van der Waals surface area contributed by atoms with E-state index in [2.05, 4.69) is 0 Å². The predicted octanol–water partition coefficient (Wildman–Crippen LogP) is 5.79. The summed E-state index contributed by atoms with van der Waals surface area (Å²) in [7, 11) is 0. The third kappa shape index (κ3) is 4.33. The Labute approximate surface area is 164 Å². The minimum atomic E-state index is -4.74. The Bertz CT molecular complexity index is 933. The molecular weight excluding hydrogens is 421 g/mol. The SMILES string of the molecule is O=[N+]([O-])c1ccc(Oc2ccc(C(F)(F)F)cc2[N+](=O)[O-])c(C2SCCS2)c1. The van der Waals surface area contributed by atoms with Gasteiger partial charge in [0.05, 0.1) is 20.0 Å². The third-order valence-electron chi connectivity index (χ3n) is 3.78. The van der Waals surface area contributed by atoms with Crippen LogP contribution in [0.15, 0.2) is 36.4 Å². The van der Waals surface area contributed by atoms with Crippen LogP contribution in [0.5, 0.6) is 11.5 Å². The highest BCUT2D eigenvalue weighted by Gasteiger charge is 2.34. The van der Waals surface area contributed by atoms with E-state index in [4.69, 9.17) is 4.74 Å². The summed E-state index contributed by atoms with van der Waals surface area (Å²) in [5, 5.41) is 22.3. The maximum Gasteiger partial charge on any atom is 0.416 e. The smallest absolute Gasteiger partial charge is 0.416 e. The molecular formula is C16H11F3N2O5S2. The first-order chi connectivity index (χ1) is 13.2. The average Bonchev–Trinajstić information content (AvgIpc) is 3.15. The molecule has 12 heteroatoms. The molecule has 0 spiro atoms. The second-order valence-electron chi connectivity index (χ2n) is 5.59. The van der Waals surface area contributed by atoms with E-state index in [0.29, 0.717) is 17.7 Å². The van der Waals surface area contributed by atoms with Crippen molar-refractivity contribution in [3.8, 4) is 11.5 Å². The molecule has 1 fully saturated rings. The molecule has 7 nitrogen and oxygen atoms in total. The lowest BCUT2D eigenvalue weighted by Gasteiger charge is -2.15. The van der Waals surface area contributed by atoms with Crippen LogP contribution in [0.3, 0.4) is 0 Å². The molecule has 0 bridgehead atoms. The largest absolute Gasteiger partial charge is 0.450 e. The predicted molar refractivity (Wildman–Crippen MR) is 98.9 cm³/mol. The van der Waals surface area contributed by atoms with E-state index in [1.54, 1.807) is 0 Å². The van der Waals surface area contributed by atoms with Gasteiger partial charge in [0.25, 0.3) is 5.69 Å². The average molecular weight is 432 g/mol. The lowest BCUT2D eigenvalue weighted by molar-refractivity contribution is -0.385. The lowest BCUT2D eigenvalue weighted by atomic mass is 10.1. The highest BCUT2D eigenvalue weighted by Crippen LogP contribution is 2.50. The standard InChI is InChI=1S/C16H11F3N2O5S2/c17-16(18,19)9-1-3-14(12(7-9)21(24)25)26-13-4-2-10(20(22)23)8-11(13)15-27-5-6-28-15/h1-4,7-8,15H,5-6H2. The molecule has 0 unspecified atom stereocenters. The van der Waals surface area contributed by atoms with Crippen molar-refractivity contribution in [3.05, 3.63) is 67.8 Å². The number of ether oxygens (including phenoxy) is 1. The zero-order chi connectivity index (χ0) is 20.5. The number of nitro groups is 2. The van der Waals surface area contributed by atoms with Crippen LogP contribution in [-0.2, 0) is 6.18 Å². The number of hydrogen-bond acceptors (Lipinski definition) is 7. The first-order valence-electron chi connectivity index (χ1n) is 7.72. The van der Waals surface area contributed by atoms with Crippen LogP contribution in [0.2, 0.25) is 0 Å². The minimum absolute atomic E-state index is 0.125.